The quantitative estimate of drug-likeness (QED) is 0.891. The summed E-state index contributed by atoms with van der Waals surface area (Å²) < 4.78 is 0. The lowest BCUT2D eigenvalue weighted by Gasteiger charge is -2.43. The van der Waals surface area contributed by atoms with E-state index in [0.29, 0.717) is 6.54 Å². The number of fused-ring (bicyclic) bond motifs is 1. The molecule has 2 aliphatic rings. The van der Waals surface area contributed by atoms with Crippen LogP contribution in [0, 0.1) is 11.8 Å². The van der Waals surface area contributed by atoms with E-state index >= 15 is 0 Å². The van der Waals surface area contributed by atoms with Gasteiger partial charge in [-0.1, -0.05) is 30.9 Å². The summed E-state index contributed by atoms with van der Waals surface area (Å²) in [6.45, 7) is 2.95. The van der Waals surface area contributed by atoms with Crippen LogP contribution in [0.2, 0.25) is 5.02 Å². The van der Waals surface area contributed by atoms with Crippen molar-refractivity contribution in [3.8, 4) is 0 Å². The Kier molecular flexibility index (Phi) is 3.99. The molecule has 1 aromatic carbocycles. The van der Waals surface area contributed by atoms with Gasteiger partial charge in [0.1, 0.15) is 0 Å². The Morgan fingerprint density at radius 3 is 2.74 bits per heavy atom. The summed E-state index contributed by atoms with van der Waals surface area (Å²) in [6.07, 6.45) is 7.06. The Hall–Kier alpha value is -0.730. The molecule has 1 aliphatic carbocycles. The number of piperidine rings is 1. The first kappa shape index (κ1) is 13.3. The SMILES string of the molecule is NCc1cc(Cl)ccc1N1CCC2CCCCC2C1. The molecule has 0 spiro atoms. The first-order valence-corrected chi connectivity index (χ1v) is 7.89. The van der Waals surface area contributed by atoms with E-state index in [0.717, 1.165) is 16.9 Å². The summed E-state index contributed by atoms with van der Waals surface area (Å²) in [5, 5.41) is 0.789. The monoisotopic (exact) mass is 278 g/mol. The fourth-order valence-electron chi connectivity index (χ4n) is 3.85. The van der Waals surface area contributed by atoms with Crippen LogP contribution in [0.15, 0.2) is 18.2 Å². The minimum Gasteiger partial charge on any atom is -0.371 e. The van der Waals surface area contributed by atoms with Crippen LogP contribution >= 0.6 is 11.6 Å². The van der Waals surface area contributed by atoms with E-state index in [-0.39, 0.29) is 0 Å². The van der Waals surface area contributed by atoms with Gasteiger partial charge in [-0.15, -0.1) is 0 Å². The Bertz CT molecular complexity index is 446. The van der Waals surface area contributed by atoms with E-state index < -0.39 is 0 Å². The zero-order chi connectivity index (χ0) is 13.2. The predicted molar refractivity (Wildman–Crippen MR) is 81.6 cm³/mol. The van der Waals surface area contributed by atoms with Gasteiger partial charge in [-0.25, -0.2) is 0 Å². The Morgan fingerprint density at radius 1 is 1.16 bits per heavy atom. The van der Waals surface area contributed by atoms with Crippen molar-refractivity contribution in [2.24, 2.45) is 17.6 Å². The number of nitrogens with two attached hydrogens (primary N) is 1. The molecule has 19 heavy (non-hydrogen) atoms. The highest BCUT2D eigenvalue weighted by Crippen LogP contribution is 2.38. The minimum atomic E-state index is 0.570. The van der Waals surface area contributed by atoms with Gasteiger partial charge in [0, 0.05) is 30.3 Å². The first-order valence-electron chi connectivity index (χ1n) is 7.51. The summed E-state index contributed by atoms with van der Waals surface area (Å²) in [5.41, 5.74) is 8.36. The normalized spacial score (nSPS) is 27.2. The predicted octanol–water partition coefficient (Wildman–Crippen LogP) is 3.82. The highest BCUT2D eigenvalue weighted by Gasteiger charge is 2.31. The van der Waals surface area contributed by atoms with Crippen molar-refractivity contribution in [3.63, 3.8) is 0 Å². The molecule has 0 radical (unpaired) electrons. The van der Waals surface area contributed by atoms with Crippen LogP contribution in [0.5, 0.6) is 0 Å². The van der Waals surface area contributed by atoms with Crippen LogP contribution in [-0.2, 0) is 6.54 Å². The standard InChI is InChI=1S/C16H23ClN2/c17-15-5-6-16(14(9-15)10-18)19-8-7-12-3-1-2-4-13(12)11-19/h5-6,9,12-13H,1-4,7-8,10-11,18H2. The van der Waals surface area contributed by atoms with E-state index in [9.17, 15) is 0 Å². The highest BCUT2D eigenvalue weighted by atomic mass is 35.5. The van der Waals surface area contributed by atoms with Crippen LogP contribution in [0.4, 0.5) is 5.69 Å². The van der Waals surface area contributed by atoms with E-state index in [1.54, 1.807) is 0 Å². The number of halogens is 1. The molecule has 1 heterocycles. The third kappa shape index (κ3) is 2.75. The fourth-order valence-corrected chi connectivity index (χ4v) is 4.04. The number of rotatable bonds is 2. The van der Waals surface area contributed by atoms with E-state index in [2.05, 4.69) is 11.0 Å². The maximum absolute atomic E-state index is 6.07. The second kappa shape index (κ2) is 5.72. The van der Waals surface area contributed by atoms with Gasteiger partial charge in [-0.3, -0.25) is 0 Å². The molecule has 2 fully saturated rings. The van der Waals surface area contributed by atoms with Gasteiger partial charge in [0.15, 0.2) is 0 Å². The summed E-state index contributed by atoms with van der Waals surface area (Å²) in [7, 11) is 0. The van der Waals surface area contributed by atoms with Gasteiger partial charge < -0.3 is 10.6 Å². The van der Waals surface area contributed by atoms with E-state index in [1.807, 2.05) is 12.1 Å². The van der Waals surface area contributed by atoms with Crippen molar-refractivity contribution >= 4 is 17.3 Å². The van der Waals surface area contributed by atoms with Gasteiger partial charge in [0.05, 0.1) is 0 Å². The molecular formula is C16H23ClN2. The third-order valence-electron chi connectivity index (χ3n) is 4.89. The highest BCUT2D eigenvalue weighted by molar-refractivity contribution is 6.30. The molecule has 1 saturated carbocycles. The molecule has 0 amide bonds. The lowest BCUT2D eigenvalue weighted by Crippen LogP contribution is -2.42. The van der Waals surface area contributed by atoms with Crippen molar-refractivity contribution in [3.05, 3.63) is 28.8 Å². The molecule has 2 atom stereocenters. The Balaban J connectivity index is 1.79. The van der Waals surface area contributed by atoms with Crippen molar-refractivity contribution in [2.45, 2.75) is 38.6 Å². The fraction of sp³-hybridized carbons (Fsp3) is 0.625. The summed E-state index contributed by atoms with van der Waals surface area (Å²) in [4.78, 5) is 2.53. The summed E-state index contributed by atoms with van der Waals surface area (Å²) >= 11 is 6.07. The van der Waals surface area contributed by atoms with Crippen molar-refractivity contribution in [2.75, 3.05) is 18.0 Å². The molecular weight excluding hydrogens is 256 g/mol. The third-order valence-corrected chi connectivity index (χ3v) is 5.13. The van der Waals surface area contributed by atoms with Gasteiger partial charge in [-0.2, -0.15) is 0 Å². The first-order chi connectivity index (χ1) is 9.28. The van der Waals surface area contributed by atoms with Crippen molar-refractivity contribution < 1.29 is 0 Å². The van der Waals surface area contributed by atoms with E-state index in [1.165, 1.54) is 56.4 Å². The van der Waals surface area contributed by atoms with Gasteiger partial charge in [-0.05, 0) is 48.4 Å². The molecule has 1 aromatic rings. The molecule has 3 heteroatoms. The van der Waals surface area contributed by atoms with Gasteiger partial charge >= 0.3 is 0 Å². The molecule has 2 nitrogen and oxygen atoms in total. The zero-order valence-corrected chi connectivity index (χ0v) is 12.2. The van der Waals surface area contributed by atoms with Crippen molar-refractivity contribution in [1.82, 2.24) is 0 Å². The number of benzene rings is 1. The zero-order valence-electron chi connectivity index (χ0n) is 11.4. The number of hydrogen-bond donors (Lipinski definition) is 1. The van der Waals surface area contributed by atoms with Crippen LogP contribution in [0.25, 0.3) is 0 Å². The van der Waals surface area contributed by atoms with Crippen LogP contribution in [0.1, 0.15) is 37.7 Å². The van der Waals surface area contributed by atoms with Crippen LogP contribution < -0.4 is 10.6 Å². The Morgan fingerprint density at radius 2 is 1.95 bits per heavy atom. The molecule has 0 aromatic heterocycles. The van der Waals surface area contributed by atoms with Gasteiger partial charge in [0.25, 0.3) is 0 Å². The topological polar surface area (TPSA) is 29.3 Å². The summed E-state index contributed by atoms with van der Waals surface area (Å²) in [5.74, 6) is 1.86. The van der Waals surface area contributed by atoms with E-state index in [4.69, 9.17) is 17.3 Å². The minimum absolute atomic E-state index is 0.570. The van der Waals surface area contributed by atoms with Crippen molar-refractivity contribution in [1.29, 1.82) is 0 Å². The molecule has 2 unspecified atom stereocenters. The van der Waals surface area contributed by atoms with Crippen LogP contribution in [-0.4, -0.2) is 13.1 Å². The lowest BCUT2D eigenvalue weighted by atomic mass is 9.75. The summed E-state index contributed by atoms with van der Waals surface area (Å²) in [6, 6.07) is 6.15. The number of anilines is 1. The average molecular weight is 279 g/mol. The smallest absolute Gasteiger partial charge is 0.0412 e. The van der Waals surface area contributed by atoms with Gasteiger partial charge in [0.2, 0.25) is 0 Å². The number of nitrogens with zero attached hydrogens (tertiary/aromatic N) is 1. The maximum Gasteiger partial charge on any atom is 0.0412 e. The lowest BCUT2D eigenvalue weighted by molar-refractivity contribution is 0.202. The largest absolute Gasteiger partial charge is 0.371 e. The molecule has 104 valence electrons. The molecule has 1 aliphatic heterocycles. The second-order valence-corrected chi connectivity index (χ2v) is 6.45. The molecule has 3 rings (SSSR count). The average Bonchev–Trinajstić information content (AvgIpc) is 2.46. The second-order valence-electron chi connectivity index (χ2n) is 6.02. The number of hydrogen-bond acceptors (Lipinski definition) is 2. The maximum atomic E-state index is 6.07. The van der Waals surface area contributed by atoms with Crippen LogP contribution in [0.3, 0.4) is 0 Å². The molecule has 1 saturated heterocycles. The molecule has 0 bridgehead atoms. The molecule has 2 N–H and O–H groups in total. The Labute approximate surface area is 120 Å².